The van der Waals surface area contributed by atoms with Crippen molar-refractivity contribution >= 4 is 5.91 Å². The highest BCUT2D eigenvalue weighted by Crippen LogP contribution is 2.42. The van der Waals surface area contributed by atoms with Crippen LogP contribution in [0.3, 0.4) is 0 Å². The van der Waals surface area contributed by atoms with Crippen molar-refractivity contribution in [2.24, 2.45) is 5.92 Å². The fraction of sp³-hybridized carbons (Fsp3) is 0.588. The van der Waals surface area contributed by atoms with Crippen molar-refractivity contribution in [3.8, 4) is 17.2 Å². The van der Waals surface area contributed by atoms with Crippen molar-refractivity contribution in [3.63, 3.8) is 0 Å². The Bertz CT molecular complexity index is 537. The van der Waals surface area contributed by atoms with Gasteiger partial charge in [0, 0.05) is 32.6 Å². The molecule has 23 heavy (non-hydrogen) atoms. The van der Waals surface area contributed by atoms with Gasteiger partial charge in [-0.15, -0.1) is 0 Å². The number of methoxy groups -OCH3 is 3. The highest BCUT2D eigenvalue weighted by atomic mass is 16.5. The van der Waals surface area contributed by atoms with E-state index in [1.807, 2.05) is 26.1 Å². The summed E-state index contributed by atoms with van der Waals surface area (Å²) >= 11 is 0. The van der Waals surface area contributed by atoms with Gasteiger partial charge in [0.15, 0.2) is 11.5 Å². The SMILES string of the molecule is CCN(C)C(=O)C1CNCC1c1cc(OC)c(OC)c(OC)c1. The summed E-state index contributed by atoms with van der Waals surface area (Å²) < 4.78 is 16.2. The number of nitrogens with zero attached hydrogens (tertiary/aromatic N) is 1. The number of carbonyl (C=O) groups is 1. The summed E-state index contributed by atoms with van der Waals surface area (Å²) in [6, 6.07) is 3.87. The second kappa shape index (κ2) is 7.55. The lowest BCUT2D eigenvalue weighted by atomic mass is 9.87. The van der Waals surface area contributed by atoms with E-state index < -0.39 is 0 Å². The van der Waals surface area contributed by atoms with Crippen molar-refractivity contribution in [2.45, 2.75) is 12.8 Å². The summed E-state index contributed by atoms with van der Waals surface area (Å²) in [4.78, 5) is 14.4. The van der Waals surface area contributed by atoms with Crippen LogP contribution in [0.5, 0.6) is 17.2 Å². The molecule has 0 aromatic heterocycles. The highest BCUT2D eigenvalue weighted by Gasteiger charge is 2.36. The van der Waals surface area contributed by atoms with Crippen LogP contribution in [-0.2, 0) is 4.79 Å². The summed E-state index contributed by atoms with van der Waals surface area (Å²) in [7, 11) is 6.62. The lowest BCUT2D eigenvalue weighted by Gasteiger charge is -2.24. The van der Waals surface area contributed by atoms with E-state index in [2.05, 4.69) is 5.32 Å². The van der Waals surface area contributed by atoms with Crippen molar-refractivity contribution in [3.05, 3.63) is 17.7 Å². The van der Waals surface area contributed by atoms with Gasteiger partial charge in [0.1, 0.15) is 0 Å². The molecule has 1 heterocycles. The van der Waals surface area contributed by atoms with Crippen LogP contribution in [0.2, 0.25) is 0 Å². The largest absolute Gasteiger partial charge is 0.493 e. The van der Waals surface area contributed by atoms with Crippen LogP contribution in [0.1, 0.15) is 18.4 Å². The van der Waals surface area contributed by atoms with Gasteiger partial charge >= 0.3 is 0 Å². The van der Waals surface area contributed by atoms with Gasteiger partial charge in [-0.05, 0) is 24.6 Å². The molecular weight excluding hydrogens is 296 g/mol. The average Bonchev–Trinajstić information content (AvgIpc) is 3.08. The number of amides is 1. The fourth-order valence-corrected chi connectivity index (χ4v) is 3.04. The molecule has 0 spiro atoms. The number of carbonyl (C=O) groups excluding carboxylic acids is 1. The number of ether oxygens (including phenoxy) is 3. The molecule has 0 bridgehead atoms. The lowest BCUT2D eigenvalue weighted by Crippen LogP contribution is -2.35. The predicted molar refractivity (Wildman–Crippen MR) is 88.5 cm³/mol. The third-order valence-corrected chi connectivity index (χ3v) is 4.50. The predicted octanol–water partition coefficient (Wildman–Crippen LogP) is 1.49. The Balaban J connectivity index is 2.38. The summed E-state index contributed by atoms with van der Waals surface area (Å²) in [6.07, 6.45) is 0. The van der Waals surface area contributed by atoms with Gasteiger partial charge in [-0.2, -0.15) is 0 Å². The molecule has 2 atom stereocenters. The van der Waals surface area contributed by atoms with Crippen LogP contribution < -0.4 is 19.5 Å². The Morgan fingerprint density at radius 2 is 1.78 bits per heavy atom. The molecule has 0 aliphatic carbocycles. The number of nitrogens with one attached hydrogen (secondary N) is 1. The zero-order chi connectivity index (χ0) is 17.0. The summed E-state index contributed by atoms with van der Waals surface area (Å²) in [5.74, 6) is 1.97. The topological polar surface area (TPSA) is 60.0 Å². The van der Waals surface area contributed by atoms with E-state index in [4.69, 9.17) is 14.2 Å². The van der Waals surface area contributed by atoms with Gasteiger partial charge in [0.05, 0.1) is 27.2 Å². The van der Waals surface area contributed by atoms with Crippen molar-refractivity contribution in [2.75, 3.05) is 48.0 Å². The van der Waals surface area contributed by atoms with E-state index in [9.17, 15) is 4.79 Å². The third-order valence-electron chi connectivity index (χ3n) is 4.50. The van der Waals surface area contributed by atoms with E-state index in [0.29, 0.717) is 30.3 Å². The minimum absolute atomic E-state index is 0.0808. The Morgan fingerprint density at radius 1 is 1.17 bits per heavy atom. The fourth-order valence-electron chi connectivity index (χ4n) is 3.04. The van der Waals surface area contributed by atoms with Crippen LogP contribution in [0.15, 0.2) is 12.1 Å². The molecule has 0 saturated carbocycles. The maximum absolute atomic E-state index is 12.6. The molecule has 6 heteroatoms. The van der Waals surface area contributed by atoms with E-state index in [1.165, 1.54) is 0 Å². The zero-order valence-electron chi connectivity index (χ0n) is 14.5. The molecular formula is C17H26N2O4. The number of benzene rings is 1. The average molecular weight is 322 g/mol. The molecule has 1 aliphatic heterocycles. The maximum atomic E-state index is 12.6. The molecule has 2 rings (SSSR count). The van der Waals surface area contributed by atoms with Gasteiger partial charge in [-0.25, -0.2) is 0 Å². The van der Waals surface area contributed by atoms with E-state index in [1.54, 1.807) is 26.2 Å². The van der Waals surface area contributed by atoms with Gasteiger partial charge in [0.25, 0.3) is 0 Å². The second-order valence-electron chi connectivity index (χ2n) is 5.68. The van der Waals surface area contributed by atoms with Crippen molar-refractivity contribution in [1.29, 1.82) is 0 Å². The van der Waals surface area contributed by atoms with E-state index in [0.717, 1.165) is 12.1 Å². The number of hydrogen-bond acceptors (Lipinski definition) is 5. The first-order chi connectivity index (χ1) is 11.1. The monoisotopic (exact) mass is 322 g/mol. The zero-order valence-corrected chi connectivity index (χ0v) is 14.5. The molecule has 1 amide bonds. The molecule has 1 saturated heterocycles. The molecule has 1 aliphatic rings. The van der Waals surface area contributed by atoms with Gasteiger partial charge < -0.3 is 24.4 Å². The smallest absolute Gasteiger partial charge is 0.227 e. The van der Waals surface area contributed by atoms with Gasteiger partial charge in [-0.1, -0.05) is 0 Å². The number of hydrogen-bond donors (Lipinski definition) is 1. The van der Waals surface area contributed by atoms with E-state index >= 15 is 0 Å². The van der Waals surface area contributed by atoms with Crippen LogP contribution in [-0.4, -0.2) is 58.8 Å². The first-order valence-corrected chi connectivity index (χ1v) is 7.82. The van der Waals surface area contributed by atoms with Crippen LogP contribution in [0.25, 0.3) is 0 Å². The van der Waals surface area contributed by atoms with Gasteiger partial charge in [-0.3, -0.25) is 4.79 Å². The van der Waals surface area contributed by atoms with Crippen molar-refractivity contribution < 1.29 is 19.0 Å². The van der Waals surface area contributed by atoms with Gasteiger partial charge in [0.2, 0.25) is 11.7 Å². The number of rotatable bonds is 6. The Kier molecular flexibility index (Phi) is 5.71. The first-order valence-electron chi connectivity index (χ1n) is 7.82. The lowest BCUT2D eigenvalue weighted by molar-refractivity contribution is -0.133. The minimum Gasteiger partial charge on any atom is -0.493 e. The summed E-state index contributed by atoms with van der Waals surface area (Å²) in [5, 5.41) is 3.32. The molecule has 0 radical (unpaired) electrons. The van der Waals surface area contributed by atoms with Crippen LogP contribution in [0, 0.1) is 5.92 Å². The molecule has 1 aromatic rings. The van der Waals surface area contributed by atoms with Crippen LogP contribution in [0.4, 0.5) is 0 Å². The Morgan fingerprint density at radius 3 is 2.26 bits per heavy atom. The molecule has 128 valence electrons. The summed E-state index contributed by atoms with van der Waals surface area (Å²) in [5.41, 5.74) is 1.02. The normalized spacial score (nSPS) is 20.2. The molecule has 2 unspecified atom stereocenters. The van der Waals surface area contributed by atoms with E-state index in [-0.39, 0.29) is 17.7 Å². The Labute approximate surface area is 137 Å². The first kappa shape index (κ1) is 17.4. The van der Waals surface area contributed by atoms with Crippen LogP contribution >= 0.6 is 0 Å². The third kappa shape index (κ3) is 3.37. The highest BCUT2D eigenvalue weighted by molar-refractivity contribution is 5.80. The van der Waals surface area contributed by atoms with Crippen molar-refractivity contribution in [1.82, 2.24) is 10.2 Å². The minimum atomic E-state index is -0.0808. The second-order valence-corrected chi connectivity index (χ2v) is 5.68. The molecule has 1 N–H and O–H groups in total. The molecule has 6 nitrogen and oxygen atoms in total. The quantitative estimate of drug-likeness (QED) is 0.860. The molecule has 1 fully saturated rings. The summed E-state index contributed by atoms with van der Waals surface area (Å²) in [6.45, 7) is 4.13. The standard InChI is InChI=1S/C17H26N2O4/c1-6-19(2)17(20)13-10-18-9-12(13)11-7-14(21-3)16(23-5)15(8-11)22-4/h7-8,12-13,18H,6,9-10H2,1-5H3. The Hall–Kier alpha value is -1.95. The molecule has 1 aromatic carbocycles. The maximum Gasteiger partial charge on any atom is 0.227 e.